The van der Waals surface area contributed by atoms with Gasteiger partial charge in [0.05, 0.1) is 11.0 Å². The van der Waals surface area contributed by atoms with E-state index >= 15 is 0 Å². The molecule has 0 amide bonds. The molecule has 0 saturated carbocycles. The maximum Gasteiger partial charge on any atom is 0.0699 e. The first-order valence-corrected chi connectivity index (χ1v) is 3.98. The Morgan fingerprint density at radius 1 is 0.667 bits per heavy atom. The van der Waals surface area contributed by atoms with Crippen molar-refractivity contribution in [3.05, 3.63) is 36.7 Å². The van der Waals surface area contributed by atoms with Crippen molar-refractivity contribution in [1.82, 2.24) is 9.97 Å². The van der Waals surface area contributed by atoms with Crippen LogP contribution in [-0.2, 0) is 0 Å². The second kappa shape index (κ2) is 1.91. The van der Waals surface area contributed by atoms with Gasteiger partial charge in [0.25, 0.3) is 0 Å². The van der Waals surface area contributed by atoms with Gasteiger partial charge in [-0.05, 0) is 12.1 Å². The monoisotopic (exact) mass is 156 g/mol. The first-order valence-electron chi connectivity index (χ1n) is 3.98. The maximum absolute atomic E-state index is 3.22. The van der Waals surface area contributed by atoms with Crippen LogP contribution in [0.1, 0.15) is 0 Å². The fourth-order valence-electron chi connectivity index (χ4n) is 1.65. The number of nitrogens with one attached hydrogen (secondary N) is 2. The lowest BCUT2D eigenvalue weighted by Gasteiger charge is -1.91. The minimum absolute atomic E-state index is 1.19. The summed E-state index contributed by atoms with van der Waals surface area (Å²) in [5.74, 6) is 0. The van der Waals surface area contributed by atoms with E-state index in [0.29, 0.717) is 0 Å². The second-order valence-corrected chi connectivity index (χ2v) is 2.95. The van der Waals surface area contributed by atoms with Crippen molar-refractivity contribution in [2.45, 2.75) is 0 Å². The lowest BCUT2D eigenvalue weighted by molar-refractivity contribution is 1.44. The van der Waals surface area contributed by atoms with Crippen molar-refractivity contribution in [2.75, 3.05) is 0 Å². The number of fused-ring (bicyclic) bond motifs is 3. The van der Waals surface area contributed by atoms with E-state index in [0.717, 1.165) is 0 Å². The minimum atomic E-state index is 1.19. The van der Waals surface area contributed by atoms with Crippen LogP contribution in [0, 0.1) is 0 Å². The number of rotatable bonds is 0. The van der Waals surface area contributed by atoms with Crippen LogP contribution in [0.5, 0.6) is 0 Å². The van der Waals surface area contributed by atoms with Crippen molar-refractivity contribution in [1.29, 1.82) is 0 Å². The molecule has 1 aromatic carbocycles. The summed E-state index contributed by atoms with van der Waals surface area (Å²) in [5.41, 5.74) is 2.38. The Balaban J connectivity index is 2.71. The quantitative estimate of drug-likeness (QED) is 0.501. The fraction of sp³-hybridized carbons (Fsp3) is 0. The molecule has 2 nitrogen and oxygen atoms in total. The van der Waals surface area contributed by atoms with Crippen molar-refractivity contribution in [3.63, 3.8) is 0 Å². The molecule has 0 atom stereocenters. The fourth-order valence-corrected chi connectivity index (χ4v) is 1.65. The third-order valence-corrected chi connectivity index (χ3v) is 2.25. The number of hydrogen-bond acceptors (Lipinski definition) is 0. The highest BCUT2D eigenvalue weighted by Crippen LogP contribution is 2.22. The molecule has 0 bridgehead atoms. The van der Waals surface area contributed by atoms with Gasteiger partial charge in [0.2, 0.25) is 0 Å². The topological polar surface area (TPSA) is 31.6 Å². The first kappa shape index (κ1) is 5.89. The Bertz CT molecular complexity index is 481. The summed E-state index contributed by atoms with van der Waals surface area (Å²) in [7, 11) is 0. The molecule has 0 saturated heterocycles. The number of aromatic nitrogens is 2. The van der Waals surface area contributed by atoms with Crippen LogP contribution in [-0.4, -0.2) is 9.97 Å². The molecule has 0 spiro atoms. The second-order valence-electron chi connectivity index (χ2n) is 2.95. The Morgan fingerprint density at radius 3 is 1.67 bits per heavy atom. The van der Waals surface area contributed by atoms with Gasteiger partial charge < -0.3 is 9.97 Å². The SMILES string of the molecule is c1cc2ccc3cc[nH]c3c2[nH]1. The molecule has 0 aliphatic rings. The molecule has 2 heteroatoms. The summed E-state index contributed by atoms with van der Waals surface area (Å²) in [6.45, 7) is 0. The lowest BCUT2D eigenvalue weighted by atomic mass is 10.2. The lowest BCUT2D eigenvalue weighted by Crippen LogP contribution is -1.70. The largest absolute Gasteiger partial charge is 0.359 e. The van der Waals surface area contributed by atoms with Gasteiger partial charge in [-0.15, -0.1) is 0 Å². The number of aromatic amines is 2. The highest BCUT2D eigenvalue weighted by atomic mass is 14.7. The molecule has 0 aliphatic carbocycles. The molecule has 2 heterocycles. The van der Waals surface area contributed by atoms with E-state index in [1.807, 2.05) is 12.4 Å². The Morgan fingerprint density at radius 2 is 1.17 bits per heavy atom. The average Bonchev–Trinajstić information content (AvgIpc) is 2.71. The summed E-state index contributed by atoms with van der Waals surface area (Å²) in [4.78, 5) is 6.43. The maximum atomic E-state index is 3.22. The molecular formula is C10H8N2. The van der Waals surface area contributed by atoms with Gasteiger partial charge in [0.1, 0.15) is 0 Å². The highest BCUT2D eigenvalue weighted by molar-refractivity contribution is 6.03. The number of hydrogen-bond donors (Lipinski definition) is 2. The number of benzene rings is 1. The van der Waals surface area contributed by atoms with Gasteiger partial charge in [0, 0.05) is 23.2 Å². The smallest absolute Gasteiger partial charge is 0.0699 e. The van der Waals surface area contributed by atoms with Gasteiger partial charge in [0.15, 0.2) is 0 Å². The van der Waals surface area contributed by atoms with Crippen LogP contribution in [0.3, 0.4) is 0 Å². The molecule has 0 radical (unpaired) electrons. The van der Waals surface area contributed by atoms with Crippen molar-refractivity contribution < 1.29 is 0 Å². The van der Waals surface area contributed by atoms with Crippen LogP contribution in [0.25, 0.3) is 21.8 Å². The third kappa shape index (κ3) is 0.593. The highest BCUT2D eigenvalue weighted by Gasteiger charge is 1.99. The van der Waals surface area contributed by atoms with E-state index < -0.39 is 0 Å². The summed E-state index contributed by atoms with van der Waals surface area (Å²) in [6, 6.07) is 8.41. The molecule has 2 aromatic heterocycles. The van der Waals surface area contributed by atoms with Gasteiger partial charge in [-0.3, -0.25) is 0 Å². The molecular weight excluding hydrogens is 148 g/mol. The van der Waals surface area contributed by atoms with Crippen LogP contribution in [0.15, 0.2) is 36.7 Å². The van der Waals surface area contributed by atoms with E-state index in [1.54, 1.807) is 0 Å². The van der Waals surface area contributed by atoms with Crippen molar-refractivity contribution >= 4 is 21.8 Å². The van der Waals surface area contributed by atoms with Gasteiger partial charge >= 0.3 is 0 Å². The Labute approximate surface area is 69.2 Å². The molecule has 3 aromatic rings. The van der Waals surface area contributed by atoms with Crippen LogP contribution in [0.2, 0.25) is 0 Å². The molecule has 2 N–H and O–H groups in total. The summed E-state index contributed by atoms with van der Waals surface area (Å²) in [6.07, 6.45) is 3.93. The van der Waals surface area contributed by atoms with Crippen molar-refractivity contribution in [3.8, 4) is 0 Å². The Kier molecular flexibility index (Phi) is 0.939. The predicted octanol–water partition coefficient (Wildman–Crippen LogP) is 2.65. The minimum Gasteiger partial charge on any atom is -0.359 e. The van der Waals surface area contributed by atoms with E-state index in [-0.39, 0.29) is 0 Å². The van der Waals surface area contributed by atoms with Crippen LogP contribution < -0.4 is 0 Å². The molecule has 58 valence electrons. The Hall–Kier alpha value is -1.70. The van der Waals surface area contributed by atoms with Crippen LogP contribution in [0.4, 0.5) is 0 Å². The zero-order chi connectivity index (χ0) is 7.97. The zero-order valence-electron chi connectivity index (χ0n) is 6.46. The molecule has 0 aliphatic heterocycles. The van der Waals surface area contributed by atoms with Crippen LogP contribution >= 0.6 is 0 Å². The first-order chi connectivity index (χ1) is 5.95. The van der Waals surface area contributed by atoms with Crippen molar-refractivity contribution in [2.24, 2.45) is 0 Å². The van der Waals surface area contributed by atoms with E-state index in [9.17, 15) is 0 Å². The van der Waals surface area contributed by atoms with E-state index in [1.165, 1.54) is 21.8 Å². The standard InChI is InChI=1S/C10H8N2/c1-2-8-4-6-12-10(8)9-7(1)3-5-11-9/h1-6,11-12H. The van der Waals surface area contributed by atoms with Gasteiger partial charge in [-0.1, -0.05) is 12.1 Å². The average molecular weight is 156 g/mol. The van der Waals surface area contributed by atoms with Gasteiger partial charge in [-0.25, -0.2) is 0 Å². The summed E-state index contributed by atoms with van der Waals surface area (Å²) in [5, 5.41) is 2.51. The normalized spacial score (nSPS) is 11.3. The van der Waals surface area contributed by atoms with E-state index in [4.69, 9.17) is 0 Å². The van der Waals surface area contributed by atoms with E-state index in [2.05, 4.69) is 34.2 Å². The molecule has 12 heavy (non-hydrogen) atoms. The number of H-pyrrole nitrogens is 2. The molecule has 3 rings (SSSR count). The summed E-state index contributed by atoms with van der Waals surface area (Å²) >= 11 is 0. The zero-order valence-corrected chi connectivity index (χ0v) is 6.46. The van der Waals surface area contributed by atoms with Gasteiger partial charge in [-0.2, -0.15) is 0 Å². The third-order valence-electron chi connectivity index (χ3n) is 2.25. The molecule has 0 unspecified atom stereocenters. The summed E-state index contributed by atoms with van der Waals surface area (Å²) < 4.78 is 0. The predicted molar refractivity (Wildman–Crippen MR) is 50.2 cm³/mol. The molecule has 0 fully saturated rings.